The van der Waals surface area contributed by atoms with Crippen molar-refractivity contribution in [2.45, 2.75) is 4.52 Å². The van der Waals surface area contributed by atoms with E-state index in [0.717, 1.165) is 0 Å². The number of alkyl halides is 3. The van der Waals surface area contributed by atoms with Gasteiger partial charge in [-0.1, -0.05) is 23.2 Å². The second-order valence-electron chi connectivity index (χ2n) is 1.35. The molecule has 0 bridgehead atoms. The van der Waals surface area contributed by atoms with Crippen LogP contribution in [0.3, 0.4) is 0 Å². The molecule has 0 spiro atoms. The van der Waals surface area contributed by atoms with Gasteiger partial charge in [-0.05, 0) is 0 Å². The van der Waals surface area contributed by atoms with Gasteiger partial charge in [-0.15, -0.1) is 11.6 Å². The van der Waals surface area contributed by atoms with Gasteiger partial charge in [0.2, 0.25) is 4.52 Å². The second kappa shape index (κ2) is 5.66. The summed E-state index contributed by atoms with van der Waals surface area (Å²) in [5.74, 6) is -0.429. The van der Waals surface area contributed by atoms with E-state index in [9.17, 15) is 4.57 Å². The van der Waals surface area contributed by atoms with Gasteiger partial charge in [0.25, 0.3) is 0 Å². The third-order valence-electron chi connectivity index (χ3n) is 0.408. The van der Waals surface area contributed by atoms with Gasteiger partial charge in [0.05, 0.1) is 5.88 Å². The van der Waals surface area contributed by atoms with Crippen LogP contribution in [-0.2, 0) is 9.09 Å². The van der Waals surface area contributed by atoms with E-state index in [2.05, 4.69) is 4.52 Å². The minimum absolute atomic E-state index is 0. The molecule has 0 rings (SSSR count). The summed E-state index contributed by atoms with van der Waals surface area (Å²) in [7, 11) is -4.65. The Labute approximate surface area is 101 Å². The average molecular weight is 253 g/mol. The van der Waals surface area contributed by atoms with Gasteiger partial charge in [0, 0.05) is 0 Å². The molecule has 0 fully saturated rings. The Bertz CT molecular complexity index is 157. The SMILES string of the molecule is O=P(O)(O)OC(Cl)(Cl)CCl.[NaH]. The third kappa shape index (κ3) is 9.90. The summed E-state index contributed by atoms with van der Waals surface area (Å²) in [5.41, 5.74) is 0. The number of hydrogen-bond acceptors (Lipinski definition) is 2. The van der Waals surface area contributed by atoms with Crippen LogP contribution in [0.15, 0.2) is 0 Å². The summed E-state index contributed by atoms with van der Waals surface area (Å²) in [5, 5.41) is 0. The number of hydrogen-bond donors (Lipinski definition) is 2. The van der Waals surface area contributed by atoms with Crippen molar-refractivity contribution >= 4 is 72.2 Å². The van der Waals surface area contributed by atoms with Crippen molar-refractivity contribution in [3.8, 4) is 0 Å². The van der Waals surface area contributed by atoms with E-state index in [4.69, 9.17) is 44.6 Å². The van der Waals surface area contributed by atoms with E-state index in [1.165, 1.54) is 0 Å². The number of phosphoric ester groups is 1. The predicted molar refractivity (Wildman–Crippen MR) is 45.4 cm³/mol. The summed E-state index contributed by atoms with van der Waals surface area (Å²) in [6.45, 7) is 0. The first-order chi connectivity index (χ1) is 4.27. The van der Waals surface area contributed by atoms with Gasteiger partial charge in [-0.3, -0.25) is 0 Å². The zero-order valence-electron chi connectivity index (χ0n) is 4.50. The normalized spacial score (nSPS) is 12.5. The van der Waals surface area contributed by atoms with Crippen LogP contribution in [-0.4, -0.2) is 49.7 Å². The van der Waals surface area contributed by atoms with Crippen molar-refractivity contribution in [1.29, 1.82) is 0 Å². The first-order valence-electron chi connectivity index (χ1n) is 1.97. The fourth-order valence-electron chi connectivity index (χ4n) is 0.198. The van der Waals surface area contributed by atoms with Crippen LogP contribution >= 0.6 is 42.6 Å². The van der Waals surface area contributed by atoms with Crippen LogP contribution in [0.1, 0.15) is 0 Å². The number of rotatable bonds is 3. The molecule has 0 saturated heterocycles. The zero-order valence-corrected chi connectivity index (χ0v) is 7.66. The van der Waals surface area contributed by atoms with Crippen molar-refractivity contribution in [3.05, 3.63) is 0 Å². The predicted octanol–water partition coefficient (Wildman–Crippen LogP) is 0.817. The van der Waals surface area contributed by atoms with Crippen molar-refractivity contribution in [2.24, 2.45) is 0 Å². The molecule has 0 atom stereocenters. The fraction of sp³-hybridized carbons (Fsp3) is 1.00. The van der Waals surface area contributed by atoms with Crippen molar-refractivity contribution in [1.82, 2.24) is 0 Å². The quantitative estimate of drug-likeness (QED) is 0.444. The van der Waals surface area contributed by atoms with Gasteiger partial charge in [0.1, 0.15) is 0 Å². The van der Waals surface area contributed by atoms with E-state index in [1.807, 2.05) is 0 Å². The van der Waals surface area contributed by atoms with Crippen molar-refractivity contribution < 1.29 is 18.9 Å². The Morgan fingerprint density at radius 3 is 1.91 bits per heavy atom. The summed E-state index contributed by atoms with van der Waals surface area (Å²) in [4.78, 5) is 16.3. The molecule has 0 heterocycles. The molecule has 0 radical (unpaired) electrons. The molecule has 2 N–H and O–H groups in total. The molecule has 0 aromatic carbocycles. The van der Waals surface area contributed by atoms with Crippen LogP contribution < -0.4 is 0 Å². The molecule has 64 valence electrons. The third-order valence-corrected chi connectivity index (χ3v) is 2.24. The molecule has 0 saturated carbocycles. The molecule has 0 unspecified atom stereocenters. The summed E-state index contributed by atoms with van der Waals surface area (Å²) >= 11 is 15.3. The number of phosphoric acid groups is 1. The van der Waals surface area contributed by atoms with E-state index in [1.54, 1.807) is 0 Å². The van der Waals surface area contributed by atoms with Crippen LogP contribution in [0.2, 0.25) is 0 Å². The van der Waals surface area contributed by atoms with Crippen molar-refractivity contribution in [2.75, 3.05) is 5.88 Å². The molecule has 9 heteroatoms. The Kier molecular flexibility index (Phi) is 7.95. The molecule has 0 aliphatic rings. The fourth-order valence-corrected chi connectivity index (χ4v) is 1.28. The van der Waals surface area contributed by atoms with E-state index < -0.39 is 18.2 Å². The Morgan fingerprint density at radius 1 is 1.45 bits per heavy atom. The molecule has 4 nitrogen and oxygen atoms in total. The van der Waals surface area contributed by atoms with Crippen molar-refractivity contribution in [3.63, 3.8) is 0 Å². The molecule has 0 aliphatic carbocycles. The second-order valence-corrected chi connectivity index (χ2v) is 4.20. The molecule has 0 aliphatic heterocycles. The Hall–Kier alpha value is 1.98. The van der Waals surface area contributed by atoms with Gasteiger partial charge < -0.3 is 9.79 Å². The van der Waals surface area contributed by atoms with E-state index in [-0.39, 0.29) is 29.6 Å². The molecule has 11 heavy (non-hydrogen) atoms. The Morgan fingerprint density at radius 2 is 1.82 bits per heavy atom. The van der Waals surface area contributed by atoms with E-state index >= 15 is 0 Å². The Balaban J connectivity index is 0. The van der Waals surface area contributed by atoms with Gasteiger partial charge in [0.15, 0.2) is 0 Å². The first-order valence-corrected chi connectivity index (χ1v) is 4.79. The monoisotopic (exact) mass is 252 g/mol. The zero-order chi connectivity index (χ0) is 8.41. The van der Waals surface area contributed by atoms with E-state index in [0.29, 0.717) is 0 Å². The summed E-state index contributed by atoms with van der Waals surface area (Å²) in [6, 6.07) is 0. The maximum atomic E-state index is 10.1. The van der Waals surface area contributed by atoms with Gasteiger partial charge in [-0.25, -0.2) is 9.09 Å². The van der Waals surface area contributed by atoms with Crippen LogP contribution in [0.4, 0.5) is 0 Å². The van der Waals surface area contributed by atoms with Gasteiger partial charge >= 0.3 is 37.4 Å². The molecule has 0 aromatic rings. The maximum absolute atomic E-state index is 10.1. The number of halogens is 3. The molecule has 0 aromatic heterocycles. The topological polar surface area (TPSA) is 66.8 Å². The standard InChI is InChI=1S/C2H4Cl3O4P.Na.H/c3-1-2(4,5)9-10(6,7)8;;/h1H2,(H2,6,7,8);;. The molecule has 0 amide bonds. The van der Waals surface area contributed by atoms with Crippen LogP contribution in [0.5, 0.6) is 0 Å². The molecular formula is C2H5Cl3NaO4P. The summed E-state index contributed by atoms with van der Waals surface area (Å²) in [6.07, 6.45) is 0. The average Bonchev–Trinajstić information content (AvgIpc) is 1.60. The van der Waals surface area contributed by atoms with Crippen LogP contribution in [0, 0.1) is 0 Å². The van der Waals surface area contributed by atoms with Gasteiger partial charge in [-0.2, -0.15) is 0 Å². The van der Waals surface area contributed by atoms with Crippen LogP contribution in [0.25, 0.3) is 0 Å². The first kappa shape index (κ1) is 15.5. The summed E-state index contributed by atoms with van der Waals surface area (Å²) < 4.78 is 11.9. The molecular weight excluding hydrogens is 248 g/mol. The minimum atomic E-state index is -4.65.